The van der Waals surface area contributed by atoms with Crippen LogP contribution >= 0.6 is 0 Å². The van der Waals surface area contributed by atoms with Gasteiger partial charge in [-0.3, -0.25) is 0 Å². The second-order valence-electron chi connectivity index (χ2n) is 36.0. The van der Waals surface area contributed by atoms with Gasteiger partial charge < -0.3 is 66.6 Å². The fourth-order valence-corrected chi connectivity index (χ4v) is 63.4. The molecule has 0 N–H and O–H groups in total. The molecule has 0 aromatic heterocycles. The van der Waals surface area contributed by atoms with E-state index in [4.69, 9.17) is 47.1 Å². The number of methoxy groups -OCH3 is 2. The minimum absolute atomic E-state index is 0. The topological polar surface area (TPSA) is 325 Å². The Balaban J connectivity index is -0.000000680. The standard InChI is InChI=1S/C44H70N2O12S2Si5.C22H39NO6SSi3.C22H38O6SSi3.6CH4/c1-16-53-43(47)41(59(49,50)39-27-20-18-21-28-39)31-24-33-45(4)35-26-36-64(14,56-62(9,10)11)58-65(15,57-63(12,13)55-61(6,7)8)38(3)37-46(5)34-25-32-42(44(48)54-17-2)60(51,52)40-29-22-19-23-30-40;1-23(18-13-19-33(8,28-31(3)4)29-32(5,6)7)17-12-16-21(22(24)27-2)30(25,26)20-14-10-9-11-15-20;1-26-22(23)21(29(24,25)20-16-12-11-13-17-20)18-14-9-8-10-15-19-32(7,27-30(2)3)28-31(4,5)6;;;;;;/h18-34,36H,3,16-17,35,37H2,1-2,4-15H3;9-12,14-17,31H,13,18-19H2,1-8H3;9,11-14,16-18,30H,8,10,15,19H2,1-7H3;6*1H4/b33-24+,34-25+,36-26+,41-31+,42-32-;17-12+,21-16+;14-9+,21-18+;;;;;;. The number of sulfone groups is 4. The Kier molecular flexibility index (Phi) is 63.5. The molecule has 4 aromatic carbocycles. The number of unbranched alkanes of at least 4 members (excludes halogenated alkanes) is 2. The third-order valence-corrected chi connectivity index (χ3v) is 60.7. The summed E-state index contributed by atoms with van der Waals surface area (Å²) < 4.78 is 178. The molecule has 774 valence electrons. The summed E-state index contributed by atoms with van der Waals surface area (Å²) in [4.78, 5) is 53.8. The van der Waals surface area contributed by atoms with Gasteiger partial charge in [0.05, 0.1) is 47.0 Å². The lowest BCUT2D eigenvalue weighted by Crippen LogP contribution is -2.61. The van der Waals surface area contributed by atoms with Gasteiger partial charge in [0, 0.05) is 40.8 Å². The molecule has 0 heterocycles. The normalized spacial score (nSPS) is 14.6. The van der Waals surface area contributed by atoms with Gasteiger partial charge in [-0.25, -0.2) is 52.8 Å². The first kappa shape index (κ1) is 138. The maximum atomic E-state index is 13.5. The van der Waals surface area contributed by atoms with Gasteiger partial charge in [-0.05, 0) is 310 Å². The Morgan fingerprint density at radius 2 is 0.691 bits per heavy atom. The van der Waals surface area contributed by atoms with Gasteiger partial charge in [-0.2, -0.15) is 0 Å². The molecule has 4 atom stereocenters. The minimum atomic E-state index is -4.18. The highest BCUT2D eigenvalue weighted by atomic mass is 32.2. The van der Waals surface area contributed by atoms with Gasteiger partial charge in [0.15, 0.2) is 71.0 Å². The Bertz CT molecular complexity index is 5070. The summed E-state index contributed by atoms with van der Waals surface area (Å²) in [6.07, 6.45) is 23.6. The molecule has 0 aliphatic carbocycles. The van der Waals surface area contributed by atoms with Crippen LogP contribution in [0.2, 0.25) is 156 Å². The first-order valence-electron chi connectivity index (χ1n) is 43.2. The fraction of sp³-hybridized carbons (Fsp3) is 0.489. The molecule has 4 aromatic rings. The number of benzene rings is 4. The van der Waals surface area contributed by atoms with E-state index in [1.165, 1.54) is 92.1 Å². The largest absolute Gasteiger partial charge is 0.465 e. The van der Waals surface area contributed by atoms with Crippen LogP contribution in [0.1, 0.15) is 84.1 Å². The predicted octanol–water partition coefficient (Wildman–Crippen LogP) is 21.8. The smallest absolute Gasteiger partial charge is 0.350 e. The summed E-state index contributed by atoms with van der Waals surface area (Å²) in [6.45, 7) is 55.7. The Hall–Kier alpha value is -6.57. The van der Waals surface area contributed by atoms with Gasteiger partial charge in [0.2, 0.25) is 39.3 Å². The van der Waals surface area contributed by atoms with Crippen molar-refractivity contribution in [2.45, 2.75) is 260 Å². The average Bonchev–Trinajstić information content (AvgIpc) is 0.789. The summed E-state index contributed by atoms with van der Waals surface area (Å²) in [5.74, 6) is -3.68. The molecular formula is C94H171N3O24S4Si11. The molecule has 0 bridgehead atoms. The van der Waals surface area contributed by atoms with Gasteiger partial charge in [-0.1, -0.05) is 149 Å². The Morgan fingerprint density at radius 1 is 0.382 bits per heavy atom. The van der Waals surface area contributed by atoms with E-state index in [1.54, 1.807) is 136 Å². The zero-order valence-electron chi connectivity index (χ0n) is 82.0. The highest BCUT2D eigenvalue weighted by molar-refractivity contribution is 7.97. The second kappa shape index (κ2) is 62.7. The molecule has 136 heavy (non-hydrogen) atoms. The summed E-state index contributed by atoms with van der Waals surface area (Å²) in [5, 5.41) is 0.664. The minimum Gasteiger partial charge on any atom is -0.465 e. The SMILES string of the molecule is C.C.C.C.C.C.C=C(CN(C)/C=C/C=C(/C(=O)OCC)S(=O)(=O)c1ccccc1)[Si](C)(O[Si](C)(C)O[Si](C)(C)C)O[Si](C)(/C=C/CN(C)/C=C/C=C(\C(=O)OCC)S(=O)(=O)c1ccccc1)O[Si](C)(C)C.COC(=O)/C(=C\C=C\CCCC[Si](C)(O[SiH](C)C)O[Si](C)(C)C)S(=O)(=O)c1ccccc1.COC(=O)/C(=C\C=C\N(C)CCC[Si](C)(O[SiH](C)C)O[Si](C)(C)C)S(=O)(=O)c1ccccc1. The van der Waals surface area contributed by atoms with Crippen molar-refractivity contribution in [3.8, 4) is 0 Å². The first-order chi connectivity index (χ1) is 59.9. The molecule has 4 unspecified atom stereocenters. The number of carbonyl (C=O) groups is 4. The van der Waals surface area contributed by atoms with Gasteiger partial charge in [-0.15, -0.1) is 0 Å². The van der Waals surface area contributed by atoms with Gasteiger partial charge in [0.1, 0.15) is 0 Å². The quantitative estimate of drug-likeness (QED) is 0.00989. The van der Waals surface area contributed by atoms with Crippen LogP contribution in [0.25, 0.3) is 0 Å². The van der Waals surface area contributed by atoms with E-state index in [1.807, 2.05) is 60.9 Å². The number of hydrogen-bond acceptors (Lipinski definition) is 27. The number of ether oxygens (including phenoxy) is 4. The molecule has 0 aliphatic heterocycles. The highest BCUT2D eigenvalue weighted by Crippen LogP contribution is 2.34. The highest BCUT2D eigenvalue weighted by Gasteiger charge is 2.51. The van der Waals surface area contributed by atoms with Crippen molar-refractivity contribution in [2.75, 3.05) is 68.2 Å². The van der Waals surface area contributed by atoms with Crippen LogP contribution in [0.5, 0.6) is 0 Å². The first-order valence-corrected chi connectivity index (χ1v) is 80.9. The van der Waals surface area contributed by atoms with Crippen molar-refractivity contribution >= 4 is 157 Å². The van der Waals surface area contributed by atoms with Crippen molar-refractivity contribution in [2.24, 2.45) is 0 Å². The zero-order chi connectivity index (χ0) is 99.2. The number of carbonyl (C=O) groups excluding carboxylic acids is 4. The molecule has 0 amide bonds. The third-order valence-electron chi connectivity index (χ3n) is 17.4. The summed E-state index contributed by atoms with van der Waals surface area (Å²) in [7, 11) is -32.5. The Labute approximate surface area is 835 Å². The van der Waals surface area contributed by atoms with Gasteiger partial charge >= 0.3 is 66.7 Å². The number of hydrogen-bond donors (Lipinski definition) is 0. The maximum Gasteiger partial charge on any atom is 0.350 e. The lowest BCUT2D eigenvalue weighted by Gasteiger charge is -2.44. The molecule has 0 aliphatic rings. The van der Waals surface area contributed by atoms with Crippen molar-refractivity contribution in [3.63, 3.8) is 0 Å². The monoisotopic (exact) mass is 2160 g/mol. The molecule has 0 spiro atoms. The van der Waals surface area contributed by atoms with Crippen molar-refractivity contribution in [3.05, 3.63) is 238 Å². The molecule has 27 nitrogen and oxygen atoms in total. The number of esters is 4. The molecule has 42 heteroatoms. The lowest BCUT2D eigenvalue weighted by atomic mass is 10.2. The molecule has 0 saturated heterocycles. The molecule has 0 radical (unpaired) electrons. The number of rotatable bonds is 52. The second-order valence-corrected chi connectivity index (χ2v) is 84.8. The maximum absolute atomic E-state index is 13.5. The van der Waals surface area contributed by atoms with E-state index in [9.17, 15) is 52.8 Å². The third kappa shape index (κ3) is 51.7. The zero-order valence-corrected chi connectivity index (χ0v) is 96.6. The van der Waals surface area contributed by atoms with Crippen molar-refractivity contribution in [1.29, 1.82) is 0 Å². The van der Waals surface area contributed by atoms with Crippen LogP contribution in [0.15, 0.2) is 257 Å². The van der Waals surface area contributed by atoms with E-state index in [2.05, 4.69) is 129 Å². The van der Waals surface area contributed by atoms with E-state index in [0.717, 1.165) is 51.4 Å². The molecule has 4 rings (SSSR count). The van der Waals surface area contributed by atoms with Crippen molar-refractivity contribution in [1.82, 2.24) is 14.7 Å². The van der Waals surface area contributed by atoms with E-state index >= 15 is 0 Å². The summed E-state index contributed by atoms with van der Waals surface area (Å²) in [6, 6.07) is 33.0. The van der Waals surface area contributed by atoms with Crippen LogP contribution in [-0.4, -0.2) is 235 Å². The summed E-state index contributed by atoms with van der Waals surface area (Å²) >= 11 is 0. The van der Waals surface area contributed by atoms with Crippen LogP contribution in [-0.2, 0) is 110 Å². The van der Waals surface area contributed by atoms with E-state index < -0.39 is 172 Å². The number of likely N-dealkylation sites (N-methyl/N-ethyl adjacent to an activating group) is 2. The summed E-state index contributed by atoms with van der Waals surface area (Å²) in [5.41, 5.74) is 1.96. The Morgan fingerprint density at radius 3 is 1.01 bits per heavy atom. The van der Waals surface area contributed by atoms with Gasteiger partial charge in [0.25, 0.3) is 0 Å². The van der Waals surface area contributed by atoms with E-state index in [-0.39, 0.29) is 88.8 Å². The van der Waals surface area contributed by atoms with Crippen LogP contribution in [0.3, 0.4) is 0 Å². The molecule has 0 fully saturated rings. The molecule has 0 saturated carbocycles. The van der Waals surface area contributed by atoms with Crippen molar-refractivity contribution < 1.29 is 105 Å². The fourth-order valence-electron chi connectivity index (χ4n) is 13.1. The number of allylic oxidation sites excluding steroid dienone is 9. The average molecular weight is 2160 g/mol. The van der Waals surface area contributed by atoms with E-state index in [0.29, 0.717) is 11.7 Å². The van der Waals surface area contributed by atoms with Crippen LogP contribution < -0.4 is 0 Å². The van der Waals surface area contributed by atoms with Crippen LogP contribution in [0.4, 0.5) is 0 Å². The van der Waals surface area contributed by atoms with Crippen LogP contribution in [0, 0.1) is 0 Å². The number of nitrogens with zero attached hydrogens (tertiary/aromatic N) is 3. The predicted molar refractivity (Wildman–Crippen MR) is 589 cm³/mol. The molecular weight excluding hydrogens is 1990 g/mol. The lowest BCUT2D eigenvalue weighted by molar-refractivity contribution is -0.138.